The largest absolute Gasteiger partial charge is 0.343 e. The number of aromatic nitrogens is 6. The lowest BCUT2D eigenvalue weighted by molar-refractivity contribution is 0.647. The van der Waals surface area contributed by atoms with Crippen LogP contribution in [0.5, 0.6) is 0 Å². The quantitative estimate of drug-likeness (QED) is 0.702. The Hall–Kier alpha value is -2.02. The van der Waals surface area contributed by atoms with Gasteiger partial charge in [-0.2, -0.15) is 5.10 Å². The number of aryl methyl sites for hydroxylation is 2. The molecule has 4 heterocycles. The molecule has 21 heavy (non-hydrogen) atoms. The number of H-pyrrole nitrogens is 1. The number of fused-ring (bicyclic) bond motifs is 3. The molecule has 108 valence electrons. The fraction of sp³-hybridized carbons (Fsp3) is 0.429. The normalized spacial score (nSPS) is 15.1. The van der Waals surface area contributed by atoms with Crippen molar-refractivity contribution < 1.29 is 0 Å². The molecule has 0 saturated heterocycles. The van der Waals surface area contributed by atoms with Crippen LogP contribution in [-0.2, 0) is 13.0 Å². The molecular formula is C14H16N6S. The first-order chi connectivity index (χ1) is 10.3. The van der Waals surface area contributed by atoms with Crippen molar-refractivity contribution >= 4 is 23.3 Å². The lowest BCUT2D eigenvalue weighted by Crippen LogP contribution is -2.04. The van der Waals surface area contributed by atoms with Gasteiger partial charge in [-0.3, -0.25) is 0 Å². The minimum Gasteiger partial charge on any atom is -0.343 e. The molecule has 0 fully saturated rings. The SMILES string of the molecule is Cc1ncn(-c2c3n(c4c(=S)nc[nH]c24)CCCCC3)n1. The van der Waals surface area contributed by atoms with E-state index < -0.39 is 0 Å². The van der Waals surface area contributed by atoms with Crippen LogP contribution in [-0.4, -0.2) is 29.3 Å². The standard InChI is InChI=1S/C14H16N6S/c1-9-17-8-20(18-9)12-10-5-3-2-4-6-19(10)13-11(12)15-7-16-14(13)21/h7-8H,2-6H2,1H3,(H,15,16,21). The molecule has 3 aromatic rings. The highest BCUT2D eigenvalue weighted by Gasteiger charge is 2.22. The third-order valence-corrected chi connectivity index (χ3v) is 4.37. The van der Waals surface area contributed by atoms with Gasteiger partial charge in [0.1, 0.15) is 23.4 Å². The predicted molar refractivity (Wildman–Crippen MR) is 82.1 cm³/mol. The van der Waals surface area contributed by atoms with Crippen LogP contribution in [0, 0.1) is 11.6 Å². The molecule has 0 amide bonds. The molecule has 0 saturated carbocycles. The summed E-state index contributed by atoms with van der Waals surface area (Å²) >= 11 is 5.45. The highest BCUT2D eigenvalue weighted by Crippen LogP contribution is 2.31. The summed E-state index contributed by atoms with van der Waals surface area (Å²) in [7, 11) is 0. The molecule has 0 unspecified atom stereocenters. The van der Waals surface area contributed by atoms with E-state index in [-0.39, 0.29) is 0 Å². The van der Waals surface area contributed by atoms with E-state index in [0.717, 1.165) is 35.5 Å². The van der Waals surface area contributed by atoms with Gasteiger partial charge in [0.2, 0.25) is 0 Å². The fourth-order valence-corrected chi connectivity index (χ4v) is 3.43. The monoisotopic (exact) mass is 300 g/mol. The minimum atomic E-state index is 0.648. The average molecular weight is 300 g/mol. The zero-order chi connectivity index (χ0) is 14.4. The smallest absolute Gasteiger partial charge is 0.153 e. The molecule has 0 aromatic carbocycles. The summed E-state index contributed by atoms with van der Waals surface area (Å²) in [6, 6.07) is 0. The molecule has 0 atom stereocenters. The van der Waals surface area contributed by atoms with Gasteiger partial charge in [0.25, 0.3) is 0 Å². The molecule has 1 aliphatic rings. The van der Waals surface area contributed by atoms with Gasteiger partial charge < -0.3 is 9.55 Å². The van der Waals surface area contributed by atoms with E-state index in [1.165, 1.54) is 25.0 Å². The second-order valence-electron chi connectivity index (χ2n) is 5.43. The summed E-state index contributed by atoms with van der Waals surface area (Å²) in [4.78, 5) is 11.8. The Kier molecular flexibility index (Phi) is 2.88. The van der Waals surface area contributed by atoms with E-state index in [4.69, 9.17) is 12.2 Å². The number of hydrogen-bond acceptors (Lipinski definition) is 4. The van der Waals surface area contributed by atoms with Crippen LogP contribution in [0.4, 0.5) is 0 Å². The highest BCUT2D eigenvalue weighted by molar-refractivity contribution is 7.71. The first kappa shape index (κ1) is 12.7. The van der Waals surface area contributed by atoms with Crippen LogP contribution in [0.2, 0.25) is 0 Å². The van der Waals surface area contributed by atoms with E-state index in [9.17, 15) is 0 Å². The summed E-state index contributed by atoms with van der Waals surface area (Å²) in [5.74, 6) is 0.768. The molecule has 4 rings (SSSR count). The fourth-order valence-electron chi connectivity index (χ4n) is 3.17. The van der Waals surface area contributed by atoms with Crippen LogP contribution < -0.4 is 0 Å². The second kappa shape index (κ2) is 4.77. The highest BCUT2D eigenvalue weighted by atomic mass is 32.1. The van der Waals surface area contributed by atoms with Crippen molar-refractivity contribution in [2.24, 2.45) is 0 Å². The molecule has 7 heteroatoms. The maximum absolute atomic E-state index is 5.45. The number of aromatic amines is 1. The van der Waals surface area contributed by atoms with Crippen molar-refractivity contribution in [3.05, 3.63) is 28.8 Å². The Bertz CT molecular complexity index is 871. The van der Waals surface area contributed by atoms with Crippen LogP contribution in [0.15, 0.2) is 12.7 Å². The van der Waals surface area contributed by atoms with Gasteiger partial charge in [0.15, 0.2) is 4.64 Å². The van der Waals surface area contributed by atoms with Gasteiger partial charge in [-0.15, -0.1) is 0 Å². The maximum Gasteiger partial charge on any atom is 0.153 e. The zero-order valence-electron chi connectivity index (χ0n) is 11.8. The van der Waals surface area contributed by atoms with Gasteiger partial charge in [0, 0.05) is 12.2 Å². The van der Waals surface area contributed by atoms with E-state index >= 15 is 0 Å². The molecule has 0 aliphatic carbocycles. The summed E-state index contributed by atoms with van der Waals surface area (Å²) in [6.45, 7) is 2.89. The van der Waals surface area contributed by atoms with Crippen molar-refractivity contribution in [2.45, 2.75) is 39.2 Å². The first-order valence-corrected chi connectivity index (χ1v) is 7.64. The Morgan fingerprint density at radius 2 is 2.14 bits per heavy atom. The van der Waals surface area contributed by atoms with E-state index in [1.807, 2.05) is 11.6 Å². The molecule has 1 aliphatic heterocycles. The van der Waals surface area contributed by atoms with Crippen molar-refractivity contribution in [1.29, 1.82) is 0 Å². The van der Waals surface area contributed by atoms with Gasteiger partial charge in [0.05, 0.1) is 11.8 Å². The van der Waals surface area contributed by atoms with Crippen molar-refractivity contribution in [1.82, 2.24) is 29.3 Å². The zero-order valence-corrected chi connectivity index (χ0v) is 12.7. The number of nitrogens with zero attached hydrogens (tertiary/aromatic N) is 5. The Balaban J connectivity index is 2.12. The molecule has 3 aromatic heterocycles. The number of nitrogens with one attached hydrogen (secondary N) is 1. The molecule has 6 nitrogen and oxygen atoms in total. The topological polar surface area (TPSA) is 64.3 Å². The third kappa shape index (κ3) is 1.91. The molecular weight excluding hydrogens is 284 g/mol. The lowest BCUT2D eigenvalue weighted by Gasteiger charge is -2.06. The average Bonchev–Trinajstić information content (AvgIpc) is 2.92. The van der Waals surface area contributed by atoms with Crippen LogP contribution in [0.3, 0.4) is 0 Å². The van der Waals surface area contributed by atoms with Crippen LogP contribution in [0.25, 0.3) is 16.7 Å². The van der Waals surface area contributed by atoms with Crippen molar-refractivity contribution in [3.8, 4) is 5.69 Å². The van der Waals surface area contributed by atoms with Crippen LogP contribution in [0.1, 0.15) is 30.8 Å². The predicted octanol–water partition coefficient (Wildman–Crippen LogP) is 2.71. The molecule has 1 N–H and O–H groups in total. The molecule has 0 radical (unpaired) electrons. The lowest BCUT2D eigenvalue weighted by atomic mass is 10.1. The van der Waals surface area contributed by atoms with E-state index in [1.54, 1.807) is 12.7 Å². The number of hydrogen-bond donors (Lipinski definition) is 1. The van der Waals surface area contributed by atoms with Gasteiger partial charge in [-0.25, -0.2) is 14.6 Å². The van der Waals surface area contributed by atoms with Gasteiger partial charge in [-0.05, 0) is 26.2 Å². The Morgan fingerprint density at radius 3 is 2.95 bits per heavy atom. The summed E-state index contributed by atoms with van der Waals surface area (Å²) in [5, 5.41) is 4.49. The van der Waals surface area contributed by atoms with Crippen molar-refractivity contribution in [3.63, 3.8) is 0 Å². The van der Waals surface area contributed by atoms with Crippen molar-refractivity contribution in [2.75, 3.05) is 0 Å². The van der Waals surface area contributed by atoms with Crippen LogP contribution >= 0.6 is 12.2 Å². The molecule has 0 spiro atoms. The summed E-state index contributed by atoms with van der Waals surface area (Å²) in [5.41, 5.74) is 4.38. The van der Waals surface area contributed by atoms with Gasteiger partial charge in [-0.1, -0.05) is 18.6 Å². The maximum atomic E-state index is 5.45. The van der Waals surface area contributed by atoms with E-state index in [2.05, 4.69) is 24.6 Å². The second-order valence-corrected chi connectivity index (χ2v) is 5.81. The Morgan fingerprint density at radius 1 is 1.24 bits per heavy atom. The van der Waals surface area contributed by atoms with E-state index in [0.29, 0.717) is 4.64 Å². The number of rotatable bonds is 1. The Labute approximate surface area is 126 Å². The summed E-state index contributed by atoms with van der Waals surface area (Å²) < 4.78 is 4.83. The molecule has 0 bridgehead atoms. The minimum absolute atomic E-state index is 0.648. The summed E-state index contributed by atoms with van der Waals surface area (Å²) in [6.07, 6.45) is 8.08. The first-order valence-electron chi connectivity index (χ1n) is 7.23. The third-order valence-electron chi connectivity index (χ3n) is 4.07. The van der Waals surface area contributed by atoms with Gasteiger partial charge >= 0.3 is 0 Å².